The summed E-state index contributed by atoms with van der Waals surface area (Å²) in [6.45, 7) is 11.1. The van der Waals surface area contributed by atoms with E-state index in [1.165, 1.54) is 11.1 Å². The van der Waals surface area contributed by atoms with E-state index in [-0.39, 0.29) is 11.8 Å². The fraction of sp³-hybridized carbons (Fsp3) is 0.440. The minimum absolute atomic E-state index is 0.0131. The fourth-order valence-electron chi connectivity index (χ4n) is 3.07. The summed E-state index contributed by atoms with van der Waals surface area (Å²) in [5.41, 5.74) is 4.61. The normalized spacial score (nSPS) is 11.9. The van der Waals surface area contributed by atoms with Crippen LogP contribution in [0.2, 0.25) is 0 Å². The van der Waals surface area contributed by atoms with Gasteiger partial charge in [0, 0.05) is 18.8 Å². The van der Waals surface area contributed by atoms with Crippen molar-refractivity contribution in [2.45, 2.75) is 53.0 Å². The Bertz CT molecular complexity index is 833. The molecule has 5 heteroatoms. The second-order valence-corrected chi connectivity index (χ2v) is 9.29. The highest BCUT2D eigenvalue weighted by molar-refractivity contribution is 7.99. The molecule has 0 unspecified atom stereocenters. The molecule has 0 bridgehead atoms. The molecule has 4 nitrogen and oxygen atoms in total. The third-order valence-corrected chi connectivity index (χ3v) is 5.89. The van der Waals surface area contributed by atoms with Crippen LogP contribution in [0.25, 0.3) is 0 Å². The van der Waals surface area contributed by atoms with Crippen LogP contribution in [-0.2, 0) is 21.9 Å². The molecule has 0 saturated carbocycles. The standard InChI is InChI=1S/C25H34N2O2S/c1-18(2)14-26-25(29)21(5)27(15-23-8-6-7-20(4)13-23)24(28)17-30-16-22-11-9-19(3)10-12-22/h6-13,18,21H,14-17H2,1-5H3,(H,26,29)/t21-/m1/s1. The molecule has 0 aromatic heterocycles. The van der Waals surface area contributed by atoms with E-state index in [0.717, 1.165) is 16.9 Å². The summed E-state index contributed by atoms with van der Waals surface area (Å²) >= 11 is 1.59. The Hall–Kier alpha value is -2.27. The van der Waals surface area contributed by atoms with Crippen molar-refractivity contribution in [1.29, 1.82) is 0 Å². The maximum Gasteiger partial charge on any atom is 0.242 e. The minimum Gasteiger partial charge on any atom is -0.354 e. The highest BCUT2D eigenvalue weighted by atomic mass is 32.2. The van der Waals surface area contributed by atoms with E-state index in [1.54, 1.807) is 16.7 Å². The molecule has 0 spiro atoms. The van der Waals surface area contributed by atoms with Crippen LogP contribution in [0.5, 0.6) is 0 Å². The van der Waals surface area contributed by atoms with Gasteiger partial charge in [-0.1, -0.05) is 73.5 Å². The number of aryl methyl sites for hydroxylation is 2. The van der Waals surface area contributed by atoms with Crippen molar-refractivity contribution in [2.24, 2.45) is 5.92 Å². The van der Waals surface area contributed by atoms with Gasteiger partial charge in [-0.05, 0) is 37.8 Å². The number of hydrogen-bond acceptors (Lipinski definition) is 3. The number of rotatable bonds is 10. The summed E-state index contributed by atoms with van der Waals surface area (Å²) in [7, 11) is 0. The van der Waals surface area contributed by atoms with Crippen molar-refractivity contribution in [3.63, 3.8) is 0 Å². The Kier molecular flexibility index (Phi) is 9.44. The Labute approximate surface area is 185 Å². The first kappa shape index (κ1) is 24.0. The maximum atomic E-state index is 13.1. The third kappa shape index (κ3) is 7.86. The van der Waals surface area contributed by atoms with Crippen LogP contribution in [0.15, 0.2) is 48.5 Å². The molecule has 1 N–H and O–H groups in total. The van der Waals surface area contributed by atoms with Crippen LogP contribution < -0.4 is 5.32 Å². The fourth-order valence-corrected chi connectivity index (χ4v) is 3.94. The van der Waals surface area contributed by atoms with Gasteiger partial charge in [0.15, 0.2) is 0 Å². The second-order valence-electron chi connectivity index (χ2n) is 8.30. The predicted octanol–water partition coefficient (Wildman–Crippen LogP) is 4.73. The summed E-state index contributed by atoms with van der Waals surface area (Å²) in [6.07, 6.45) is 0. The zero-order chi connectivity index (χ0) is 22.1. The molecular weight excluding hydrogens is 392 g/mol. The number of nitrogens with one attached hydrogen (secondary N) is 1. The molecule has 0 aliphatic heterocycles. The van der Waals surface area contributed by atoms with Gasteiger partial charge in [0.05, 0.1) is 5.75 Å². The van der Waals surface area contributed by atoms with Crippen molar-refractivity contribution in [1.82, 2.24) is 10.2 Å². The molecule has 30 heavy (non-hydrogen) atoms. The quantitative estimate of drug-likeness (QED) is 0.598. The van der Waals surface area contributed by atoms with Crippen molar-refractivity contribution < 1.29 is 9.59 Å². The van der Waals surface area contributed by atoms with E-state index in [0.29, 0.717) is 24.8 Å². The van der Waals surface area contributed by atoms with Gasteiger partial charge < -0.3 is 10.2 Å². The molecule has 0 radical (unpaired) electrons. The van der Waals surface area contributed by atoms with Crippen LogP contribution in [-0.4, -0.2) is 35.1 Å². The second kappa shape index (κ2) is 11.8. The Morgan fingerprint density at radius 3 is 2.30 bits per heavy atom. The van der Waals surface area contributed by atoms with Gasteiger partial charge in [0.1, 0.15) is 6.04 Å². The topological polar surface area (TPSA) is 49.4 Å². The minimum atomic E-state index is -0.517. The Morgan fingerprint density at radius 2 is 1.67 bits per heavy atom. The lowest BCUT2D eigenvalue weighted by atomic mass is 10.1. The summed E-state index contributed by atoms with van der Waals surface area (Å²) in [4.78, 5) is 27.5. The SMILES string of the molecule is Cc1ccc(CSCC(=O)N(Cc2cccc(C)c2)[C@H](C)C(=O)NCC(C)C)cc1. The van der Waals surface area contributed by atoms with Gasteiger partial charge in [0.2, 0.25) is 11.8 Å². The molecule has 2 rings (SSSR count). The number of amides is 2. The largest absolute Gasteiger partial charge is 0.354 e. The molecule has 0 saturated heterocycles. The third-order valence-electron chi connectivity index (χ3n) is 4.90. The van der Waals surface area contributed by atoms with E-state index >= 15 is 0 Å². The van der Waals surface area contributed by atoms with Crippen LogP contribution in [0.4, 0.5) is 0 Å². The zero-order valence-corrected chi connectivity index (χ0v) is 19.6. The van der Waals surface area contributed by atoms with Crippen LogP contribution in [0.1, 0.15) is 43.0 Å². The lowest BCUT2D eigenvalue weighted by molar-refractivity contribution is -0.138. The smallest absolute Gasteiger partial charge is 0.242 e. The highest BCUT2D eigenvalue weighted by Gasteiger charge is 2.26. The zero-order valence-electron chi connectivity index (χ0n) is 18.8. The molecule has 1 atom stereocenters. The summed E-state index contributed by atoms with van der Waals surface area (Å²) in [5.74, 6) is 1.38. The lowest BCUT2D eigenvalue weighted by Crippen LogP contribution is -2.48. The van der Waals surface area contributed by atoms with Gasteiger partial charge in [-0.3, -0.25) is 9.59 Å². The van der Waals surface area contributed by atoms with Crippen molar-refractivity contribution in [2.75, 3.05) is 12.3 Å². The molecule has 0 aliphatic carbocycles. The van der Waals surface area contributed by atoms with E-state index in [9.17, 15) is 9.59 Å². The lowest BCUT2D eigenvalue weighted by Gasteiger charge is -2.29. The number of thioether (sulfide) groups is 1. The summed E-state index contributed by atoms with van der Waals surface area (Å²) in [5, 5.41) is 2.96. The molecule has 0 heterocycles. The van der Waals surface area contributed by atoms with Gasteiger partial charge in [-0.2, -0.15) is 0 Å². The predicted molar refractivity (Wildman–Crippen MR) is 126 cm³/mol. The van der Waals surface area contributed by atoms with Crippen LogP contribution >= 0.6 is 11.8 Å². The van der Waals surface area contributed by atoms with Crippen molar-refractivity contribution in [3.8, 4) is 0 Å². The average molecular weight is 427 g/mol. The number of carbonyl (C=O) groups is 2. The van der Waals surface area contributed by atoms with E-state index in [2.05, 4.69) is 56.4 Å². The van der Waals surface area contributed by atoms with Gasteiger partial charge in [-0.15, -0.1) is 11.8 Å². The first-order valence-electron chi connectivity index (χ1n) is 10.5. The molecule has 0 aliphatic rings. The number of nitrogens with zero attached hydrogens (tertiary/aromatic N) is 1. The van der Waals surface area contributed by atoms with Crippen LogP contribution in [0.3, 0.4) is 0 Å². The van der Waals surface area contributed by atoms with Gasteiger partial charge in [-0.25, -0.2) is 0 Å². The monoisotopic (exact) mass is 426 g/mol. The molecular formula is C25H34N2O2S. The summed E-state index contributed by atoms with van der Waals surface area (Å²) < 4.78 is 0. The van der Waals surface area contributed by atoms with Gasteiger partial charge in [0.25, 0.3) is 0 Å². The maximum absolute atomic E-state index is 13.1. The van der Waals surface area contributed by atoms with E-state index < -0.39 is 6.04 Å². The molecule has 2 aromatic rings. The van der Waals surface area contributed by atoms with E-state index in [4.69, 9.17) is 0 Å². The number of carbonyl (C=O) groups excluding carboxylic acids is 2. The first-order valence-corrected chi connectivity index (χ1v) is 11.7. The first-order chi connectivity index (χ1) is 14.3. The highest BCUT2D eigenvalue weighted by Crippen LogP contribution is 2.17. The average Bonchev–Trinajstić information content (AvgIpc) is 2.71. The number of hydrogen-bond donors (Lipinski definition) is 1. The number of benzene rings is 2. The molecule has 162 valence electrons. The molecule has 2 aromatic carbocycles. The van der Waals surface area contributed by atoms with Crippen LogP contribution in [0, 0.1) is 19.8 Å². The summed E-state index contributed by atoms with van der Waals surface area (Å²) in [6, 6.07) is 15.9. The molecule has 0 fully saturated rings. The Balaban J connectivity index is 2.05. The Morgan fingerprint density at radius 1 is 0.967 bits per heavy atom. The van der Waals surface area contributed by atoms with Crippen molar-refractivity contribution in [3.05, 3.63) is 70.8 Å². The van der Waals surface area contributed by atoms with Crippen molar-refractivity contribution >= 4 is 23.6 Å². The molecule has 2 amide bonds. The van der Waals surface area contributed by atoms with E-state index in [1.807, 2.05) is 32.0 Å². The van der Waals surface area contributed by atoms with Gasteiger partial charge >= 0.3 is 0 Å².